The zero-order valence-corrected chi connectivity index (χ0v) is 12.3. The summed E-state index contributed by atoms with van der Waals surface area (Å²) in [5, 5.41) is 0. The average molecular weight is 262 g/mol. The molecule has 0 radical (unpaired) electrons. The summed E-state index contributed by atoms with van der Waals surface area (Å²) in [5.41, 5.74) is 1.29. The molecule has 1 aliphatic heterocycles. The van der Waals surface area contributed by atoms with Gasteiger partial charge in [0.05, 0.1) is 12.7 Å². The second kappa shape index (κ2) is 7.06. The highest BCUT2D eigenvalue weighted by atomic mass is 16.7. The van der Waals surface area contributed by atoms with Crippen molar-refractivity contribution in [1.82, 2.24) is 0 Å². The van der Waals surface area contributed by atoms with Gasteiger partial charge in [-0.1, -0.05) is 57.5 Å². The van der Waals surface area contributed by atoms with Gasteiger partial charge in [-0.2, -0.15) is 0 Å². The average Bonchev–Trinajstić information content (AvgIpc) is 2.47. The van der Waals surface area contributed by atoms with Gasteiger partial charge in [-0.05, 0) is 18.4 Å². The summed E-state index contributed by atoms with van der Waals surface area (Å²) >= 11 is 0. The number of hydrogen-bond acceptors (Lipinski definition) is 2. The molecule has 19 heavy (non-hydrogen) atoms. The van der Waals surface area contributed by atoms with Crippen LogP contribution in [0.25, 0.3) is 0 Å². The van der Waals surface area contributed by atoms with Gasteiger partial charge in [-0.25, -0.2) is 0 Å². The van der Waals surface area contributed by atoms with Crippen LogP contribution in [0.15, 0.2) is 30.3 Å². The van der Waals surface area contributed by atoms with Gasteiger partial charge >= 0.3 is 0 Å². The van der Waals surface area contributed by atoms with Crippen LogP contribution < -0.4 is 0 Å². The largest absolute Gasteiger partial charge is 0.352 e. The quantitative estimate of drug-likeness (QED) is 0.785. The molecule has 0 N–H and O–H groups in total. The predicted octanol–water partition coefficient (Wildman–Crippen LogP) is 4.36. The highest BCUT2D eigenvalue weighted by Gasteiger charge is 2.33. The first kappa shape index (κ1) is 14.5. The Hall–Kier alpha value is -0.860. The van der Waals surface area contributed by atoms with E-state index < -0.39 is 0 Å². The molecule has 1 heterocycles. The van der Waals surface area contributed by atoms with Gasteiger partial charge in [0.1, 0.15) is 0 Å². The lowest BCUT2D eigenvalue weighted by Gasteiger charge is -2.38. The van der Waals surface area contributed by atoms with Gasteiger partial charge in [-0.15, -0.1) is 0 Å². The topological polar surface area (TPSA) is 18.5 Å². The molecule has 106 valence electrons. The highest BCUT2D eigenvalue weighted by Crippen LogP contribution is 2.31. The molecule has 1 aliphatic rings. The lowest BCUT2D eigenvalue weighted by molar-refractivity contribution is -0.245. The summed E-state index contributed by atoms with van der Waals surface area (Å²) in [6.07, 6.45) is 3.71. The summed E-state index contributed by atoms with van der Waals surface area (Å²) in [7, 11) is 0. The Balaban J connectivity index is 2.02. The SMILES string of the molecule is CCC[C@H]1O[C@@H]([C@@H](C)c2ccccc2)OC[C@H]1CC. The molecule has 1 fully saturated rings. The minimum atomic E-state index is -0.0956. The smallest absolute Gasteiger partial charge is 0.164 e. The molecule has 1 saturated heterocycles. The molecular formula is C17H26O2. The third-order valence-electron chi connectivity index (χ3n) is 4.14. The van der Waals surface area contributed by atoms with E-state index in [1.807, 2.05) is 6.07 Å². The number of benzene rings is 1. The fourth-order valence-corrected chi connectivity index (χ4v) is 2.79. The van der Waals surface area contributed by atoms with Gasteiger partial charge < -0.3 is 9.47 Å². The van der Waals surface area contributed by atoms with Gasteiger partial charge in [0.2, 0.25) is 0 Å². The van der Waals surface area contributed by atoms with Crippen LogP contribution in [0.1, 0.15) is 51.5 Å². The van der Waals surface area contributed by atoms with Crippen molar-refractivity contribution < 1.29 is 9.47 Å². The summed E-state index contributed by atoms with van der Waals surface area (Å²) in [6, 6.07) is 10.5. The van der Waals surface area contributed by atoms with Crippen molar-refractivity contribution in [3.8, 4) is 0 Å². The van der Waals surface area contributed by atoms with Gasteiger partial charge in [-0.3, -0.25) is 0 Å². The summed E-state index contributed by atoms with van der Waals surface area (Å²) in [4.78, 5) is 0. The van der Waals surface area contributed by atoms with Crippen molar-refractivity contribution >= 4 is 0 Å². The molecule has 1 aromatic carbocycles. The van der Waals surface area contributed by atoms with Crippen LogP contribution in [0.5, 0.6) is 0 Å². The zero-order valence-electron chi connectivity index (χ0n) is 12.3. The molecule has 0 spiro atoms. The van der Waals surface area contributed by atoms with Crippen LogP contribution in [0.2, 0.25) is 0 Å². The van der Waals surface area contributed by atoms with Crippen molar-refractivity contribution in [2.24, 2.45) is 5.92 Å². The van der Waals surface area contributed by atoms with Crippen LogP contribution in [0.3, 0.4) is 0 Å². The minimum absolute atomic E-state index is 0.0956. The van der Waals surface area contributed by atoms with Crippen molar-refractivity contribution in [2.45, 2.75) is 58.3 Å². The van der Waals surface area contributed by atoms with Crippen molar-refractivity contribution in [2.75, 3.05) is 6.61 Å². The van der Waals surface area contributed by atoms with Crippen molar-refractivity contribution in [1.29, 1.82) is 0 Å². The molecule has 0 unspecified atom stereocenters. The molecule has 0 aromatic heterocycles. The van der Waals surface area contributed by atoms with Crippen LogP contribution in [0, 0.1) is 5.92 Å². The zero-order chi connectivity index (χ0) is 13.7. The first-order valence-electron chi connectivity index (χ1n) is 7.58. The molecule has 2 heteroatoms. The van der Waals surface area contributed by atoms with Gasteiger partial charge in [0.25, 0.3) is 0 Å². The maximum absolute atomic E-state index is 6.22. The fourth-order valence-electron chi connectivity index (χ4n) is 2.79. The lowest BCUT2D eigenvalue weighted by Crippen LogP contribution is -2.41. The first-order valence-corrected chi connectivity index (χ1v) is 7.58. The summed E-state index contributed by atoms with van der Waals surface area (Å²) < 4.78 is 12.2. The molecule has 0 aliphatic carbocycles. The van der Waals surface area contributed by atoms with Gasteiger partial charge in [0.15, 0.2) is 6.29 Å². The normalized spacial score (nSPS) is 29.1. The number of ether oxygens (including phenoxy) is 2. The minimum Gasteiger partial charge on any atom is -0.352 e. The molecule has 1 aromatic rings. The number of hydrogen-bond donors (Lipinski definition) is 0. The Kier molecular flexibility index (Phi) is 5.41. The van der Waals surface area contributed by atoms with Crippen LogP contribution in [-0.2, 0) is 9.47 Å². The molecular weight excluding hydrogens is 236 g/mol. The summed E-state index contributed by atoms with van der Waals surface area (Å²) in [5.74, 6) is 0.845. The Morgan fingerprint density at radius 1 is 1.21 bits per heavy atom. The maximum atomic E-state index is 6.22. The van der Waals surface area contributed by atoms with E-state index >= 15 is 0 Å². The van der Waals surface area contributed by atoms with E-state index in [0.29, 0.717) is 17.9 Å². The molecule has 2 nitrogen and oxygen atoms in total. The summed E-state index contributed by atoms with van der Waals surface area (Å²) in [6.45, 7) is 7.47. The second-order valence-corrected chi connectivity index (χ2v) is 5.53. The molecule has 4 atom stereocenters. The van der Waals surface area contributed by atoms with Crippen molar-refractivity contribution in [3.63, 3.8) is 0 Å². The second-order valence-electron chi connectivity index (χ2n) is 5.53. The van der Waals surface area contributed by atoms with Crippen molar-refractivity contribution in [3.05, 3.63) is 35.9 Å². The van der Waals surface area contributed by atoms with Crippen LogP contribution in [0.4, 0.5) is 0 Å². The van der Waals surface area contributed by atoms with E-state index in [4.69, 9.17) is 9.47 Å². The maximum Gasteiger partial charge on any atom is 0.164 e. The van der Waals surface area contributed by atoms with E-state index in [1.54, 1.807) is 0 Å². The molecule has 0 saturated carbocycles. The Labute approximate surface area is 117 Å². The molecule has 2 rings (SSSR count). The molecule has 0 bridgehead atoms. The first-order chi connectivity index (χ1) is 9.26. The van der Waals surface area contributed by atoms with Crippen LogP contribution >= 0.6 is 0 Å². The monoisotopic (exact) mass is 262 g/mol. The van der Waals surface area contributed by atoms with E-state index in [-0.39, 0.29) is 6.29 Å². The van der Waals surface area contributed by atoms with Crippen LogP contribution in [-0.4, -0.2) is 19.0 Å². The molecule has 0 amide bonds. The Bertz CT molecular complexity index is 363. The Morgan fingerprint density at radius 3 is 2.58 bits per heavy atom. The Morgan fingerprint density at radius 2 is 1.95 bits per heavy atom. The van der Waals surface area contributed by atoms with E-state index in [0.717, 1.165) is 19.4 Å². The van der Waals surface area contributed by atoms with E-state index in [1.165, 1.54) is 12.0 Å². The lowest BCUT2D eigenvalue weighted by atomic mass is 9.94. The third kappa shape index (κ3) is 3.58. The van der Waals surface area contributed by atoms with E-state index in [9.17, 15) is 0 Å². The number of rotatable bonds is 5. The third-order valence-corrected chi connectivity index (χ3v) is 4.14. The highest BCUT2D eigenvalue weighted by molar-refractivity contribution is 5.19. The van der Waals surface area contributed by atoms with Gasteiger partial charge in [0, 0.05) is 11.8 Å². The standard InChI is InChI=1S/C17H26O2/c1-4-9-16-14(5-2)12-18-17(19-16)13(3)15-10-7-6-8-11-15/h6-8,10-11,13-14,16-17H,4-5,9,12H2,1-3H3/t13-,14+,16+,17-/m0/s1. The van der Waals surface area contributed by atoms with E-state index in [2.05, 4.69) is 45.0 Å². The predicted molar refractivity (Wildman–Crippen MR) is 78.2 cm³/mol. The fraction of sp³-hybridized carbons (Fsp3) is 0.647.